The van der Waals surface area contributed by atoms with Gasteiger partial charge in [0.05, 0.1) is 10.5 Å². The largest absolute Gasteiger partial charge is 0.489 e. The van der Waals surface area contributed by atoms with Gasteiger partial charge in [0.25, 0.3) is 0 Å². The lowest BCUT2D eigenvalue weighted by Gasteiger charge is -2.14. The average molecular weight is 396 g/mol. The van der Waals surface area contributed by atoms with E-state index in [1.54, 1.807) is 0 Å². The van der Waals surface area contributed by atoms with Gasteiger partial charge in [-0.25, -0.2) is 22.3 Å². The zero-order valence-electron chi connectivity index (χ0n) is 13.0. The molecule has 0 bridgehead atoms. The first-order chi connectivity index (χ1) is 12.0. The number of anilines is 1. The molecule has 0 aromatic heterocycles. The van der Waals surface area contributed by atoms with E-state index in [1.165, 1.54) is 0 Å². The Hall–Kier alpha value is -2.40. The SMILES string of the molecule is NS(=O)(=O)c1ccc(NCCOc2ccc(F)cc2F)cc1C(F)(F)F. The molecule has 0 radical (unpaired) electrons. The summed E-state index contributed by atoms with van der Waals surface area (Å²) >= 11 is 0. The highest BCUT2D eigenvalue weighted by atomic mass is 32.2. The fourth-order valence-electron chi connectivity index (χ4n) is 2.06. The van der Waals surface area contributed by atoms with Crippen LogP contribution in [-0.2, 0) is 16.2 Å². The van der Waals surface area contributed by atoms with Gasteiger partial charge in [-0.15, -0.1) is 0 Å². The molecular formula is C15H13F5N2O3S. The molecule has 0 saturated carbocycles. The zero-order chi connectivity index (χ0) is 19.5. The summed E-state index contributed by atoms with van der Waals surface area (Å²) in [5.41, 5.74) is -1.44. The van der Waals surface area contributed by atoms with Gasteiger partial charge in [0, 0.05) is 18.3 Å². The molecule has 3 N–H and O–H groups in total. The molecule has 0 aliphatic rings. The van der Waals surface area contributed by atoms with Gasteiger partial charge in [-0.3, -0.25) is 0 Å². The molecule has 5 nitrogen and oxygen atoms in total. The molecule has 142 valence electrons. The van der Waals surface area contributed by atoms with E-state index in [4.69, 9.17) is 9.88 Å². The Morgan fingerprint density at radius 3 is 2.35 bits per heavy atom. The van der Waals surface area contributed by atoms with Crippen LogP contribution in [0.3, 0.4) is 0 Å². The van der Waals surface area contributed by atoms with E-state index >= 15 is 0 Å². The highest BCUT2D eigenvalue weighted by Gasteiger charge is 2.36. The summed E-state index contributed by atoms with van der Waals surface area (Å²) in [5, 5.41) is 7.36. The Balaban J connectivity index is 2.06. The Morgan fingerprint density at radius 2 is 1.77 bits per heavy atom. The summed E-state index contributed by atoms with van der Waals surface area (Å²) in [7, 11) is -4.55. The average Bonchev–Trinajstić information content (AvgIpc) is 2.51. The first-order valence-corrected chi connectivity index (χ1v) is 8.59. The van der Waals surface area contributed by atoms with E-state index in [0.29, 0.717) is 12.1 Å². The number of hydrogen-bond donors (Lipinski definition) is 2. The number of sulfonamides is 1. The molecule has 2 aromatic carbocycles. The van der Waals surface area contributed by atoms with Gasteiger partial charge < -0.3 is 10.1 Å². The lowest BCUT2D eigenvalue weighted by molar-refractivity contribution is -0.139. The van der Waals surface area contributed by atoms with E-state index in [9.17, 15) is 30.4 Å². The molecule has 0 amide bonds. The molecular weight excluding hydrogens is 383 g/mol. The van der Waals surface area contributed by atoms with Crippen LogP contribution in [0.5, 0.6) is 5.75 Å². The van der Waals surface area contributed by atoms with Gasteiger partial charge in [0.15, 0.2) is 11.6 Å². The van der Waals surface area contributed by atoms with Crippen molar-refractivity contribution in [2.45, 2.75) is 11.1 Å². The van der Waals surface area contributed by atoms with Crippen LogP contribution in [0.1, 0.15) is 5.56 Å². The van der Waals surface area contributed by atoms with Crippen LogP contribution >= 0.6 is 0 Å². The van der Waals surface area contributed by atoms with Crippen molar-refractivity contribution in [1.82, 2.24) is 0 Å². The highest BCUT2D eigenvalue weighted by Crippen LogP contribution is 2.35. The van der Waals surface area contributed by atoms with E-state index in [-0.39, 0.29) is 24.6 Å². The standard InChI is InChI=1S/C15H13F5N2O3S/c16-9-1-3-13(12(17)7-9)25-6-5-22-10-2-4-14(26(21,23)24)11(8-10)15(18,19)20/h1-4,7-8,22H,5-6H2,(H2,21,23,24). The Morgan fingerprint density at radius 1 is 1.08 bits per heavy atom. The molecule has 26 heavy (non-hydrogen) atoms. The van der Waals surface area contributed by atoms with Gasteiger partial charge in [0.1, 0.15) is 12.4 Å². The third-order valence-corrected chi connectivity index (χ3v) is 4.14. The summed E-state index contributed by atoms with van der Waals surface area (Å²) in [6.07, 6.45) is -4.92. The van der Waals surface area contributed by atoms with E-state index in [1.807, 2.05) is 0 Å². The van der Waals surface area contributed by atoms with Crippen LogP contribution in [0.2, 0.25) is 0 Å². The normalized spacial score (nSPS) is 12.1. The highest BCUT2D eigenvalue weighted by molar-refractivity contribution is 7.89. The Labute approximate surface area is 145 Å². The topological polar surface area (TPSA) is 81.4 Å². The molecule has 11 heteroatoms. The molecule has 0 heterocycles. The maximum Gasteiger partial charge on any atom is 0.417 e. The predicted molar refractivity (Wildman–Crippen MR) is 83.2 cm³/mol. The molecule has 0 fully saturated rings. The van der Waals surface area contributed by atoms with Crippen molar-refractivity contribution in [3.05, 3.63) is 53.6 Å². The number of primary sulfonamides is 1. The van der Waals surface area contributed by atoms with Crippen LogP contribution in [0.15, 0.2) is 41.3 Å². The van der Waals surface area contributed by atoms with Gasteiger partial charge in [0.2, 0.25) is 10.0 Å². The molecule has 0 unspecified atom stereocenters. The van der Waals surface area contributed by atoms with Crippen molar-refractivity contribution in [2.24, 2.45) is 5.14 Å². The smallest absolute Gasteiger partial charge is 0.417 e. The third-order valence-electron chi connectivity index (χ3n) is 3.17. The number of alkyl halides is 3. The van der Waals surface area contributed by atoms with Gasteiger partial charge in [-0.1, -0.05) is 0 Å². The number of rotatable bonds is 6. The lowest BCUT2D eigenvalue weighted by Crippen LogP contribution is -2.19. The van der Waals surface area contributed by atoms with Gasteiger partial charge in [-0.05, 0) is 30.3 Å². The maximum absolute atomic E-state index is 13.4. The summed E-state index contributed by atoms with van der Waals surface area (Å²) in [6.45, 7) is -0.163. The number of ether oxygens (including phenoxy) is 1. The second-order valence-corrected chi connectivity index (χ2v) is 6.63. The minimum atomic E-state index is -4.92. The van der Waals surface area contributed by atoms with Crippen LogP contribution < -0.4 is 15.2 Å². The second-order valence-electron chi connectivity index (χ2n) is 5.10. The van der Waals surface area contributed by atoms with E-state index in [2.05, 4.69) is 5.32 Å². The quantitative estimate of drug-likeness (QED) is 0.581. The van der Waals surface area contributed by atoms with Crippen LogP contribution in [0.4, 0.5) is 27.6 Å². The third kappa shape index (κ3) is 5.05. The van der Waals surface area contributed by atoms with Gasteiger partial charge >= 0.3 is 6.18 Å². The van der Waals surface area contributed by atoms with Crippen molar-refractivity contribution in [3.8, 4) is 5.75 Å². The first kappa shape index (κ1) is 19.9. The predicted octanol–water partition coefficient (Wildman–Crippen LogP) is 3.12. The monoisotopic (exact) mass is 396 g/mol. The molecule has 0 aliphatic heterocycles. The summed E-state index contributed by atoms with van der Waals surface area (Å²) in [6, 6.07) is 5.14. The van der Waals surface area contributed by atoms with Crippen LogP contribution in [-0.4, -0.2) is 21.6 Å². The van der Waals surface area contributed by atoms with Crippen molar-refractivity contribution in [1.29, 1.82) is 0 Å². The molecule has 0 saturated heterocycles. The van der Waals surface area contributed by atoms with Gasteiger partial charge in [-0.2, -0.15) is 13.2 Å². The number of nitrogens with two attached hydrogens (primary N) is 1. The van der Waals surface area contributed by atoms with Crippen molar-refractivity contribution >= 4 is 15.7 Å². The van der Waals surface area contributed by atoms with Crippen molar-refractivity contribution in [3.63, 3.8) is 0 Å². The zero-order valence-corrected chi connectivity index (χ0v) is 13.8. The van der Waals surface area contributed by atoms with E-state index < -0.39 is 38.3 Å². The van der Waals surface area contributed by atoms with Crippen molar-refractivity contribution < 1.29 is 35.1 Å². The summed E-state index contributed by atoms with van der Waals surface area (Å²) < 4.78 is 92.7. The molecule has 0 spiro atoms. The maximum atomic E-state index is 13.4. The lowest BCUT2D eigenvalue weighted by atomic mass is 10.2. The molecule has 2 aromatic rings. The number of halogens is 5. The molecule has 0 aliphatic carbocycles. The number of hydrogen-bond acceptors (Lipinski definition) is 4. The van der Waals surface area contributed by atoms with E-state index in [0.717, 1.165) is 24.3 Å². The second kappa shape index (κ2) is 7.46. The minimum Gasteiger partial charge on any atom is -0.489 e. The number of benzene rings is 2. The van der Waals surface area contributed by atoms with Crippen LogP contribution in [0, 0.1) is 11.6 Å². The first-order valence-electron chi connectivity index (χ1n) is 7.04. The van der Waals surface area contributed by atoms with Crippen LogP contribution in [0.25, 0.3) is 0 Å². The summed E-state index contributed by atoms with van der Waals surface area (Å²) in [4.78, 5) is -1.04. The Bertz CT molecular complexity index is 901. The Kier molecular flexibility index (Phi) is 5.71. The summed E-state index contributed by atoms with van der Waals surface area (Å²) in [5.74, 6) is -1.90. The number of nitrogens with one attached hydrogen (secondary N) is 1. The fourth-order valence-corrected chi connectivity index (χ4v) is 2.80. The van der Waals surface area contributed by atoms with Crippen molar-refractivity contribution in [2.75, 3.05) is 18.5 Å². The fraction of sp³-hybridized carbons (Fsp3) is 0.200. The molecule has 2 rings (SSSR count). The minimum absolute atomic E-state index is 0.0250. The molecule has 0 atom stereocenters.